The molecule has 0 radical (unpaired) electrons. The largest absolute Gasteiger partial charge is 0.507 e. The molecule has 1 N–H and O–H groups in total. The monoisotopic (exact) mass is 246 g/mol. The van der Waals surface area contributed by atoms with Crippen molar-refractivity contribution in [3.8, 4) is 16.9 Å². The Morgan fingerprint density at radius 2 is 1.47 bits per heavy atom. The highest BCUT2D eigenvalue weighted by Gasteiger charge is 2.30. The van der Waals surface area contributed by atoms with Gasteiger partial charge in [0.05, 0.1) is 0 Å². The van der Waals surface area contributed by atoms with Crippen LogP contribution in [0.15, 0.2) is 54.6 Å². The quantitative estimate of drug-likeness (QED) is 0.513. The summed E-state index contributed by atoms with van der Waals surface area (Å²) in [5.41, 5.74) is 2.78. The summed E-state index contributed by atoms with van der Waals surface area (Å²) in [6.45, 7) is 0. The van der Waals surface area contributed by atoms with Crippen LogP contribution in [0.3, 0.4) is 0 Å². The molecule has 0 saturated heterocycles. The van der Waals surface area contributed by atoms with Gasteiger partial charge in [-0.05, 0) is 22.4 Å². The van der Waals surface area contributed by atoms with Crippen molar-refractivity contribution in [2.45, 2.75) is 0 Å². The maximum Gasteiger partial charge on any atom is 0.195 e. The van der Waals surface area contributed by atoms with Crippen LogP contribution in [0.25, 0.3) is 21.9 Å². The number of carbonyl (C=O) groups is 1. The molecule has 0 heterocycles. The second-order valence-corrected chi connectivity index (χ2v) is 4.74. The molecule has 3 aromatic rings. The zero-order chi connectivity index (χ0) is 13.0. The normalized spacial score (nSPS) is 12.5. The lowest BCUT2D eigenvalue weighted by Crippen LogP contribution is -1.96. The summed E-state index contributed by atoms with van der Waals surface area (Å²) >= 11 is 0. The Kier molecular flexibility index (Phi) is 1.88. The molecule has 19 heavy (non-hydrogen) atoms. The first-order valence-corrected chi connectivity index (χ1v) is 6.16. The van der Waals surface area contributed by atoms with Gasteiger partial charge in [-0.25, -0.2) is 0 Å². The molecule has 3 aromatic carbocycles. The summed E-state index contributed by atoms with van der Waals surface area (Å²) in [6.07, 6.45) is 0. The first kappa shape index (κ1) is 10.3. The van der Waals surface area contributed by atoms with E-state index in [0.29, 0.717) is 16.7 Å². The maximum atomic E-state index is 12.5. The Morgan fingerprint density at radius 3 is 2.32 bits per heavy atom. The van der Waals surface area contributed by atoms with Gasteiger partial charge in [-0.2, -0.15) is 0 Å². The van der Waals surface area contributed by atoms with Gasteiger partial charge in [0, 0.05) is 16.7 Å². The number of benzene rings is 3. The molecule has 4 rings (SSSR count). The topological polar surface area (TPSA) is 37.3 Å². The number of rotatable bonds is 0. The molecule has 1 aliphatic rings. The predicted octanol–water partition coefficient (Wildman–Crippen LogP) is 3.76. The van der Waals surface area contributed by atoms with Crippen molar-refractivity contribution >= 4 is 16.6 Å². The standard InChI is InChI=1S/C17H10O2/c18-14-9-10-5-1-2-6-11(10)16-15(14)12-7-3-4-8-13(12)17(16)19/h1-9,18H. The maximum absolute atomic E-state index is 12.5. The molecule has 0 bridgehead atoms. The summed E-state index contributed by atoms with van der Waals surface area (Å²) in [6, 6.07) is 16.8. The van der Waals surface area contributed by atoms with E-state index in [9.17, 15) is 9.90 Å². The molecule has 2 heteroatoms. The number of fused-ring (bicyclic) bond motifs is 5. The van der Waals surface area contributed by atoms with Crippen LogP contribution in [0.4, 0.5) is 0 Å². The van der Waals surface area contributed by atoms with Gasteiger partial charge in [0.1, 0.15) is 5.75 Å². The van der Waals surface area contributed by atoms with Crippen molar-refractivity contribution in [1.82, 2.24) is 0 Å². The van der Waals surface area contributed by atoms with Gasteiger partial charge in [0.2, 0.25) is 0 Å². The third-order valence-electron chi connectivity index (χ3n) is 3.70. The summed E-state index contributed by atoms with van der Waals surface area (Å²) in [5.74, 6) is 0.171. The second kappa shape index (κ2) is 3.45. The molecule has 0 aromatic heterocycles. The predicted molar refractivity (Wildman–Crippen MR) is 74.5 cm³/mol. The number of ketones is 1. The van der Waals surface area contributed by atoms with Gasteiger partial charge in [-0.3, -0.25) is 4.79 Å². The van der Waals surface area contributed by atoms with Crippen molar-refractivity contribution in [3.63, 3.8) is 0 Å². The fourth-order valence-corrected chi connectivity index (χ4v) is 2.88. The first-order valence-electron chi connectivity index (χ1n) is 6.16. The molecule has 0 spiro atoms. The smallest absolute Gasteiger partial charge is 0.195 e. The highest BCUT2D eigenvalue weighted by Crippen LogP contribution is 2.45. The van der Waals surface area contributed by atoms with E-state index in [1.807, 2.05) is 48.5 Å². The Labute approximate surface area is 109 Å². The molecular weight excluding hydrogens is 236 g/mol. The zero-order valence-electron chi connectivity index (χ0n) is 10.1. The number of phenols is 1. The van der Waals surface area contributed by atoms with Gasteiger partial charge < -0.3 is 5.11 Å². The molecule has 2 nitrogen and oxygen atoms in total. The molecule has 90 valence electrons. The van der Waals surface area contributed by atoms with Crippen LogP contribution in [0.2, 0.25) is 0 Å². The van der Waals surface area contributed by atoms with Crippen LogP contribution in [0.1, 0.15) is 15.9 Å². The van der Waals surface area contributed by atoms with Gasteiger partial charge in [0.25, 0.3) is 0 Å². The van der Waals surface area contributed by atoms with E-state index in [-0.39, 0.29) is 11.5 Å². The summed E-state index contributed by atoms with van der Waals surface area (Å²) in [5, 5.41) is 12.0. The van der Waals surface area contributed by atoms with Crippen LogP contribution in [0, 0.1) is 0 Å². The highest BCUT2D eigenvalue weighted by molar-refractivity contribution is 6.28. The molecule has 0 amide bonds. The van der Waals surface area contributed by atoms with Crippen molar-refractivity contribution < 1.29 is 9.90 Å². The number of aromatic hydroxyl groups is 1. The molecule has 0 saturated carbocycles. The van der Waals surface area contributed by atoms with Gasteiger partial charge in [-0.1, -0.05) is 48.5 Å². The van der Waals surface area contributed by atoms with Crippen molar-refractivity contribution in [2.24, 2.45) is 0 Å². The van der Waals surface area contributed by atoms with Crippen molar-refractivity contribution in [3.05, 3.63) is 65.7 Å². The third-order valence-corrected chi connectivity index (χ3v) is 3.70. The Morgan fingerprint density at radius 1 is 0.789 bits per heavy atom. The van der Waals surface area contributed by atoms with Crippen LogP contribution in [-0.4, -0.2) is 10.9 Å². The molecule has 0 aliphatic heterocycles. The van der Waals surface area contributed by atoms with Crippen LogP contribution in [0.5, 0.6) is 5.75 Å². The molecule has 0 unspecified atom stereocenters. The highest BCUT2D eigenvalue weighted by atomic mass is 16.3. The first-order chi connectivity index (χ1) is 9.27. The fraction of sp³-hybridized carbons (Fsp3) is 0. The van der Waals surface area contributed by atoms with E-state index < -0.39 is 0 Å². The molecule has 1 aliphatic carbocycles. The van der Waals surface area contributed by atoms with E-state index >= 15 is 0 Å². The molecular formula is C17H10O2. The number of phenolic OH excluding ortho intramolecular Hbond substituents is 1. The van der Waals surface area contributed by atoms with E-state index in [4.69, 9.17) is 0 Å². The number of hydrogen-bond acceptors (Lipinski definition) is 2. The number of hydrogen-bond donors (Lipinski definition) is 1. The minimum Gasteiger partial charge on any atom is -0.507 e. The van der Waals surface area contributed by atoms with Crippen LogP contribution < -0.4 is 0 Å². The summed E-state index contributed by atoms with van der Waals surface area (Å²) < 4.78 is 0. The average molecular weight is 246 g/mol. The van der Waals surface area contributed by atoms with E-state index in [1.165, 1.54) is 0 Å². The average Bonchev–Trinajstić information content (AvgIpc) is 2.74. The SMILES string of the molecule is O=C1c2ccccc2-c2c(O)cc3ccccc3c21. The minimum absolute atomic E-state index is 0.00213. The summed E-state index contributed by atoms with van der Waals surface area (Å²) in [4.78, 5) is 12.5. The van der Waals surface area contributed by atoms with E-state index in [1.54, 1.807) is 6.07 Å². The van der Waals surface area contributed by atoms with E-state index in [0.717, 1.165) is 16.3 Å². The lowest BCUT2D eigenvalue weighted by atomic mass is 9.98. The van der Waals surface area contributed by atoms with Gasteiger partial charge in [-0.15, -0.1) is 0 Å². The Balaban J connectivity index is 2.23. The fourth-order valence-electron chi connectivity index (χ4n) is 2.88. The zero-order valence-corrected chi connectivity index (χ0v) is 10.1. The van der Waals surface area contributed by atoms with Crippen LogP contribution in [-0.2, 0) is 0 Å². The lowest BCUT2D eigenvalue weighted by Gasteiger charge is -2.07. The third kappa shape index (κ3) is 1.23. The lowest BCUT2D eigenvalue weighted by molar-refractivity contribution is 0.104. The second-order valence-electron chi connectivity index (χ2n) is 4.74. The molecule has 0 atom stereocenters. The summed E-state index contributed by atoms with van der Waals surface area (Å²) in [7, 11) is 0. The van der Waals surface area contributed by atoms with Gasteiger partial charge in [0.15, 0.2) is 5.78 Å². The Bertz CT molecular complexity index is 847. The van der Waals surface area contributed by atoms with Crippen LogP contribution >= 0.6 is 0 Å². The van der Waals surface area contributed by atoms with Gasteiger partial charge >= 0.3 is 0 Å². The number of carbonyl (C=O) groups excluding carboxylic acids is 1. The Hall–Kier alpha value is -2.61. The van der Waals surface area contributed by atoms with Crippen molar-refractivity contribution in [2.75, 3.05) is 0 Å². The molecule has 0 fully saturated rings. The minimum atomic E-state index is -0.00213. The van der Waals surface area contributed by atoms with E-state index in [2.05, 4.69) is 0 Å². The van der Waals surface area contributed by atoms with Crippen molar-refractivity contribution in [1.29, 1.82) is 0 Å².